The normalized spacial score (nSPS) is 26.2. The summed E-state index contributed by atoms with van der Waals surface area (Å²) in [6.07, 6.45) is -6.59. The predicted octanol–water partition coefficient (Wildman–Crippen LogP) is -2.76. The van der Waals surface area contributed by atoms with E-state index in [0.717, 1.165) is 0 Å². The summed E-state index contributed by atoms with van der Waals surface area (Å²) < 4.78 is 10.9. The maximum absolute atomic E-state index is 13.6. The second-order valence-corrected chi connectivity index (χ2v) is 11.7. The van der Waals surface area contributed by atoms with Gasteiger partial charge in [0, 0.05) is 18.5 Å². The van der Waals surface area contributed by atoms with Crippen LogP contribution in [0.4, 0.5) is 0 Å². The zero-order valence-corrected chi connectivity index (χ0v) is 25.2. The molecule has 2 saturated heterocycles. The minimum Gasteiger partial charge on any atom is -0.462 e. The molecule has 0 bridgehead atoms. The van der Waals surface area contributed by atoms with Gasteiger partial charge in [-0.3, -0.25) is 24.0 Å². The van der Waals surface area contributed by atoms with Crippen LogP contribution in [0.25, 0.3) is 0 Å². The number of carbonyl (C=O) groups excluding carboxylic acids is 5. The maximum Gasteiger partial charge on any atom is 0.251 e. The molecule has 250 valence electrons. The molecule has 5 amide bonds. The number of amides is 5. The highest BCUT2D eigenvalue weighted by molar-refractivity contribution is 5.99. The molecule has 2 heterocycles. The van der Waals surface area contributed by atoms with Crippen molar-refractivity contribution in [1.82, 2.24) is 15.5 Å². The Balaban J connectivity index is 1.70. The Morgan fingerprint density at radius 1 is 1.00 bits per heavy atom. The van der Waals surface area contributed by atoms with E-state index < -0.39 is 85.0 Å². The van der Waals surface area contributed by atoms with Gasteiger partial charge in [0.25, 0.3) is 5.91 Å². The van der Waals surface area contributed by atoms with Gasteiger partial charge in [0.15, 0.2) is 0 Å². The minimum absolute atomic E-state index is 0.0749. The minimum atomic E-state index is -1.63. The lowest BCUT2D eigenvalue weighted by atomic mass is 9.99. The van der Waals surface area contributed by atoms with Crippen molar-refractivity contribution in [1.29, 1.82) is 0 Å². The Morgan fingerprint density at radius 2 is 1.67 bits per heavy atom. The van der Waals surface area contributed by atoms with Crippen molar-refractivity contribution < 1.29 is 53.9 Å². The molecule has 0 unspecified atom stereocenters. The zero-order chi connectivity index (χ0) is 33.4. The highest BCUT2D eigenvalue weighted by atomic mass is 16.7. The van der Waals surface area contributed by atoms with Crippen LogP contribution in [0.3, 0.4) is 0 Å². The SMILES string of the molecule is CC(C)C[C@H](NC(=O)[C@@H]1CCCN1C(=O)[C@H](CCC(N)=O)NC(=O)c1ccc(O[C@@H]2O[C@H](CO)[C@H](O)[C@H](O)[C@H]2O)cc1)C(N)=O. The van der Waals surface area contributed by atoms with Gasteiger partial charge in [-0.1, -0.05) is 13.8 Å². The first-order valence-corrected chi connectivity index (χ1v) is 14.8. The van der Waals surface area contributed by atoms with Crippen LogP contribution in [0.1, 0.15) is 56.3 Å². The van der Waals surface area contributed by atoms with E-state index in [9.17, 15) is 44.4 Å². The highest BCUT2D eigenvalue weighted by Crippen LogP contribution is 2.25. The summed E-state index contributed by atoms with van der Waals surface area (Å²) in [6, 6.07) is 2.43. The summed E-state index contributed by atoms with van der Waals surface area (Å²) in [7, 11) is 0. The number of aliphatic hydroxyl groups is 4. The second-order valence-electron chi connectivity index (χ2n) is 11.7. The standard InChI is InChI=1S/C29H43N5O11/c1-14(2)12-18(25(31)40)33-27(42)19-4-3-11-34(19)28(43)17(9-10-21(30)36)32-26(41)15-5-7-16(8-6-15)44-29-24(39)23(38)22(37)20(13-35)45-29/h5-8,14,17-20,22-24,29,35,37-39H,3-4,9-13H2,1-2H3,(H2,30,36)(H2,31,40)(H,32,41)(H,33,42)/t17-,18-,19-,20+,22-,23-,24+,29+/m0/s1. The van der Waals surface area contributed by atoms with Gasteiger partial charge in [-0.05, 0) is 55.9 Å². The van der Waals surface area contributed by atoms with E-state index in [1.807, 2.05) is 13.8 Å². The number of nitrogens with two attached hydrogens (primary N) is 2. The Hall–Kier alpha value is -3.83. The fourth-order valence-corrected chi connectivity index (χ4v) is 5.26. The number of carbonyl (C=O) groups is 5. The highest BCUT2D eigenvalue weighted by Gasteiger charge is 2.45. The van der Waals surface area contributed by atoms with Crippen molar-refractivity contribution in [3.8, 4) is 5.75 Å². The van der Waals surface area contributed by atoms with E-state index in [4.69, 9.17) is 20.9 Å². The number of primary amides is 2. The van der Waals surface area contributed by atoms with E-state index >= 15 is 0 Å². The molecule has 0 saturated carbocycles. The number of hydrogen-bond acceptors (Lipinski definition) is 11. The molecule has 0 radical (unpaired) electrons. The van der Waals surface area contributed by atoms with Crippen molar-refractivity contribution in [2.24, 2.45) is 17.4 Å². The van der Waals surface area contributed by atoms with E-state index in [1.54, 1.807) is 0 Å². The third-order valence-corrected chi connectivity index (χ3v) is 7.71. The van der Waals surface area contributed by atoms with Crippen molar-refractivity contribution in [2.75, 3.05) is 13.2 Å². The Labute approximate surface area is 260 Å². The lowest BCUT2D eigenvalue weighted by Gasteiger charge is -2.39. The average molecular weight is 638 g/mol. The van der Waals surface area contributed by atoms with E-state index in [-0.39, 0.29) is 36.6 Å². The molecule has 0 aromatic heterocycles. The third kappa shape index (κ3) is 9.34. The predicted molar refractivity (Wildman–Crippen MR) is 156 cm³/mol. The van der Waals surface area contributed by atoms with Crippen LogP contribution in [0.5, 0.6) is 5.75 Å². The Morgan fingerprint density at radius 3 is 2.24 bits per heavy atom. The van der Waals surface area contributed by atoms with Crippen LogP contribution in [0.2, 0.25) is 0 Å². The summed E-state index contributed by atoms with van der Waals surface area (Å²) in [5.41, 5.74) is 10.9. The van der Waals surface area contributed by atoms with Crippen LogP contribution < -0.4 is 26.8 Å². The van der Waals surface area contributed by atoms with E-state index in [2.05, 4.69) is 10.6 Å². The van der Waals surface area contributed by atoms with E-state index in [0.29, 0.717) is 19.3 Å². The van der Waals surface area contributed by atoms with E-state index in [1.165, 1.54) is 29.2 Å². The molecular weight excluding hydrogens is 594 g/mol. The van der Waals surface area contributed by atoms with Gasteiger partial charge in [-0.15, -0.1) is 0 Å². The Kier molecular flexibility index (Phi) is 12.6. The molecule has 2 fully saturated rings. The van der Waals surface area contributed by atoms with Gasteiger partial charge < -0.3 is 56.9 Å². The fourth-order valence-electron chi connectivity index (χ4n) is 5.26. The molecule has 2 aliphatic rings. The largest absolute Gasteiger partial charge is 0.462 e. The number of hydrogen-bond donors (Lipinski definition) is 8. The van der Waals surface area contributed by atoms with Gasteiger partial charge in [0.1, 0.15) is 48.3 Å². The third-order valence-electron chi connectivity index (χ3n) is 7.71. The van der Waals surface area contributed by atoms with Crippen molar-refractivity contribution >= 4 is 29.5 Å². The molecule has 0 spiro atoms. The molecule has 10 N–H and O–H groups in total. The van der Waals surface area contributed by atoms with Crippen molar-refractivity contribution in [3.05, 3.63) is 29.8 Å². The fraction of sp³-hybridized carbons (Fsp3) is 0.621. The maximum atomic E-state index is 13.6. The molecule has 2 aliphatic heterocycles. The summed E-state index contributed by atoms with van der Waals surface area (Å²) >= 11 is 0. The first-order chi connectivity index (χ1) is 21.2. The zero-order valence-electron chi connectivity index (χ0n) is 25.2. The summed E-state index contributed by atoms with van der Waals surface area (Å²) in [5, 5.41) is 44.7. The van der Waals surface area contributed by atoms with Crippen molar-refractivity contribution in [3.63, 3.8) is 0 Å². The number of nitrogens with zero attached hydrogens (tertiary/aromatic N) is 1. The van der Waals surface area contributed by atoms with Gasteiger partial charge in [-0.25, -0.2) is 0 Å². The second kappa shape index (κ2) is 15.9. The number of benzene rings is 1. The van der Waals surface area contributed by atoms with Gasteiger partial charge in [0.2, 0.25) is 29.9 Å². The number of rotatable bonds is 14. The molecule has 1 aromatic carbocycles. The first kappa shape index (κ1) is 35.6. The van der Waals surface area contributed by atoms with Crippen LogP contribution >= 0.6 is 0 Å². The Bertz CT molecular complexity index is 1210. The lowest BCUT2D eigenvalue weighted by Crippen LogP contribution is -2.60. The average Bonchev–Trinajstić information content (AvgIpc) is 3.49. The van der Waals surface area contributed by atoms with Crippen LogP contribution in [0, 0.1) is 5.92 Å². The number of aliphatic hydroxyl groups excluding tert-OH is 4. The van der Waals surface area contributed by atoms with Crippen LogP contribution in [-0.4, -0.2) is 117 Å². The monoisotopic (exact) mass is 637 g/mol. The molecule has 0 aliphatic carbocycles. The van der Waals surface area contributed by atoms with Crippen LogP contribution in [-0.2, 0) is 23.9 Å². The van der Waals surface area contributed by atoms with Gasteiger partial charge in [0.05, 0.1) is 6.61 Å². The van der Waals surface area contributed by atoms with Crippen LogP contribution in [0.15, 0.2) is 24.3 Å². The molecule has 8 atom stereocenters. The number of ether oxygens (including phenoxy) is 2. The number of likely N-dealkylation sites (tertiary alicyclic amines) is 1. The van der Waals surface area contributed by atoms with Gasteiger partial charge >= 0.3 is 0 Å². The van der Waals surface area contributed by atoms with Gasteiger partial charge in [-0.2, -0.15) is 0 Å². The first-order valence-electron chi connectivity index (χ1n) is 14.8. The summed E-state index contributed by atoms with van der Waals surface area (Å²) in [4.78, 5) is 64.6. The molecule has 16 nitrogen and oxygen atoms in total. The quantitative estimate of drug-likeness (QED) is 0.104. The topological polar surface area (TPSA) is 264 Å². The summed E-state index contributed by atoms with van der Waals surface area (Å²) in [6.45, 7) is 3.34. The molecular formula is C29H43N5O11. The summed E-state index contributed by atoms with van der Waals surface area (Å²) in [5.74, 6) is -3.00. The molecule has 45 heavy (non-hydrogen) atoms. The van der Waals surface area contributed by atoms with Crippen molar-refractivity contribution in [2.45, 2.75) is 94.8 Å². The smallest absolute Gasteiger partial charge is 0.251 e. The number of nitrogens with one attached hydrogen (secondary N) is 2. The lowest BCUT2D eigenvalue weighted by molar-refractivity contribution is -0.277. The molecule has 16 heteroatoms. The molecule has 1 aromatic rings. The molecule has 3 rings (SSSR count).